The van der Waals surface area contributed by atoms with Crippen LogP contribution in [-0.4, -0.2) is 85.3 Å². The van der Waals surface area contributed by atoms with E-state index in [0.29, 0.717) is 75.3 Å². The zero-order valence-corrected chi connectivity index (χ0v) is 32.6. The van der Waals surface area contributed by atoms with Gasteiger partial charge in [-0.3, -0.25) is 15.0 Å². The second-order valence-corrected chi connectivity index (χ2v) is 16.7. The van der Waals surface area contributed by atoms with Crippen LogP contribution in [0.15, 0.2) is 28.7 Å². The van der Waals surface area contributed by atoms with E-state index in [1.807, 2.05) is 49.9 Å². The maximum absolute atomic E-state index is 14.8. The van der Waals surface area contributed by atoms with Crippen molar-refractivity contribution in [2.45, 2.75) is 81.2 Å². The largest absolute Gasteiger partial charge is 0.504 e. The van der Waals surface area contributed by atoms with Crippen LogP contribution in [0.2, 0.25) is 0 Å². The fourth-order valence-corrected chi connectivity index (χ4v) is 12.0. The van der Waals surface area contributed by atoms with Gasteiger partial charge >= 0.3 is 11.9 Å². The number of rotatable bonds is 3. The van der Waals surface area contributed by atoms with Gasteiger partial charge in [0.15, 0.2) is 28.5 Å². The summed E-state index contributed by atoms with van der Waals surface area (Å²) >= 11 is 1.47. The van der Waals surface area contributed by atoms with Crippen LogP contribution in [0.1, 0.15) is 81.8 Å². The number of furan rings is 1. The van der Waals surface area contributed by atoms with E-state index in [1.54, 1.807) is 7.11 Å². The van der Waals surface area contributed by atoms with E-state index in [0.717, 1.165) is 22.1 Å². The SMILES string of the molecule is COc1ccc2oc3c(c2c1)CCN[C@]31CS[C@@H]2c3c(OC(C)=O)c(C)c4c(c3[C@H](COC1=O)N1[C@@H]2[C@@H]2N[C@@H](C(C)c3cc(C)c(OC)c(O)c32)[C@@H]1O)OCO4. The Morgan fingerprint density at radius 1 is 1.05 bits per heavy atom. The molecule has 56 heavy (non-hydrogen) atoms. The van der Waals surface area contributed by atoms with E-state index in [9.17, 15) is 19.8 Å². The molecule has 4 bridgehead atoms. The molecule has 1 unspecified atom stereocenters. The first-order valence-electron chi connectivity index (χ1n) is 18.9. The standard InChI is InChI=1S/C41H43N3O11S/c1-16-11-22-17(2)29-39(47)44-24-13-51-40(48)41(38-21(9-10-42-41)23-12-20(49-5)7-8-25(23)55-38)14-56-37(31(44)30(43-29)26(22)32(46)33(16)50-6)28-27(24)36-35(52-15-53-36)18(3)34(28)54-19(4)45/h7-8,11-12,17,24,29-31,37,39,42-43,46-47H,9-10,13-15H2,1-6H3/t17?,24-,29-,30+,31+,37+,39-,41+/m0/s1. The number of aryl methyl sites for hydroxylation is 1. The minimum absolute atomic E-state index is 0.0288. The number of phenolic OH excluding ortho intramolecular Hbond substituents is 1. The van der Waals surface area contributed by atoms with Crippen LogP contribution >= 0.6 is 11.8 Å². The number of carbonyl (C=O) groups excluding carboxylic acids is 2. The summed E-state index contributed by atoms with van der Waals surface area (Å²) in [5.41, 5.74) is 4.40. The van der Waals surface area contributed by atoms with E-state index in [2.05, 4.69) is 10.6 Å². The number of fused-ring (bicyclic) bond motifs is 11. The molecule has 0 saturated carbocycles. The van der Waals surface area contributed by atoms with Crippen LogP contribution in [0.3, 0.4) is 0 Å². The van der Waals surface area contributed by atoms with Gasteiger partial charge in [0, 0.05) is 64.4 Å². The Balaban J connectivity index is 1.23. The van der Waals surface area contributed by atoms with Crippen LogP contribution in [-0.2, 0) is 26.3 Å². The number of benzene rings is 3. The molecule has 2 fully saturated rings. The third-order valence-electron chi connectivity index (χ3n) is 12.7. The predicted octanol–water partition coefficient (Wildman–Crippen LogP) is 4.67. The zero-order valence-electron chi connectivity index (χ0n) is 31.8. The molecule has 11 rings (SSSR count). The minimum Gasteiger partial charge on any atom is -0.504 e. The molecule has 294 valence electrons. The number of thioether (sulfide) groups is 1. The number of aliphatic hydroxyl groups is 1. The Hall–Kier alpha value is -4.67. The number of hydrogen-bond acceptors (Lipinski definition) is 15. The molecule has 7 aliphatic rings. The number of ether oxygens (including phenoxy) is 6. The normalized spacial score (nSPS) is 29.9. The summed E-state index contributed by atoms with van der Waals surface area (Å²) in [6.45, 7) is 7.35. The van der Waals surface area contributed by atoms with Crippen LogP contribution in [0.4, 0.5) is 0 Å². The molecule has 4 N–H and O–H groups in total. The van der Waals surface area contributed by atoms with E-state index in [1.165, 1.54) is 25.8 Å². The number of hydrogen-bond donors (Lipinski definition) is 4. The average Bonchev–Trinajstić information content (AvgIpc) is 3.83. The third-order valence-corrected chi connectivity index (χ3v) is 14.2. The number of methoxy groups -OCH3 is 2. The molecule has 8 heterocycles. The van der Waals surface area contributed by atoms with E-state index >= 15 is 0 Å². The van der Waals surface area contributed by atoms with E-state index in [4.69, 9.17) is 32.8 Å². The first kappa shape index (κ1) is 35.7. The van der Waals surface area contributed by atoms with Crippen molar-refractivity contribution in [3.05, 3.63) is 69.0 Å². The summed E-state index contributed by atoms with van der Waals surface area (Å²) < 4.78 is 42.7. The monoisotopic (exact) mass is 785 g/mol. The predicted molar refractivity (Wildman–Crippen MR) is 203 cm³/mol. The molecule has 4 aromatic rings. The van der Waals surface area contributed by atoms with Crippen molar-refractivity contribution >= 4 is 34.7 Å². The highest BCUT2D eigenvalue weighted by atomic mass is 32.2. The second kappa shape index (κ2) is 12.7. The highest BCUT2D eigenvalue weighted by molar-refractivity contribution is 7.99. The summed E-state index contributed by atoms with van der Waals surface area (Å²) in [6, 6.07) is 5.26. The van der Waals surface area contributed by atoms with Gasteiger partial charge in [0.1, 0.15) is 35.7 Å². The van der Waals surface area contributed by atoms with Crippen molar-refractivity contribution < 1.29 is 52.6 Å². The molecule has 0 amide bonds. The topological polar surface area (TPSA) is 170 Å². The molecule has 1 spiro atoms. The molecular formula is C41H43N3O11S. The average molecular weight is 786 g/mol. The van der Waals surface area contributed by atoms with Gasteiger partial charge < -0.3 is 48.4 Å². The Morgan fingerprint density at radius 3 is 2.62 bits per heavy atom. The minimum atomic E-state index is -1.40. The maximum atomic E-state index is 14.8. The van der Waals surface area contributed by atoms with Gasteiger partial charge in [-0.05, 0) is 49.6 Å². The number of piperazine rings is 1. The molecular weight excluding hydrogens is 743 g/mol. The molecule has 0 aliphatic carbocycles. The molecule has 2 saturated heterocycles. The number of esters is 2. The van der Waals surface area contributed by atoms with Gasteiger partial charge in [0.25, 0.3) is 0 Å². The second-order valence-electron chi connectivity index (χ2n) is 15.5. The Labute approximate surface area is 326 Å². The van der Waals surface area contributed by atoms with Crippen molar-refractivity contribution in [2.24, 2.45) is 0 Å². The fourth-order valence-electron chi connectivity index (χ4n) is 10.3. The smallest absolute Gasteiger partial charge is 0.335 e. The summed E-state index contributed by atoms with van der Waals surface area (Å²) in [5.74, 6) is 1.68. The quantitative estimate of drug-likeness (QED) is 0.167. The van der Waals surface area contributed by atoms with Crippen LogP contribution < -0.4 is 34.3 Å². The van der Waals surface area contributed by atoms with Crippen molar-refractivity contribution in [3.8, 4) is 34.5 Å². The lowest BCUT2D eigenvalue weighted by Gasteiger charge is -2.60. The Morgan fingerprint density at radius 2 is 1.86 bits per heavy atom. The van der Waals surface area contributed by atoms with Gasteiger partial charge in [0.05, 0.1) is 37.6 Å². The van der Waals surface area contributed by atoms with Gasteiger partial charge in [-0.2, -0.15) is 0 Å². The third kappa shape index (κ3) is 4.71. The number of phenols is 1. The van der Waals surface area contributed by atoms with Gasteiger partial charge in [-0.15, -0.1) is 11.8 Å². The molecule has 3 aromatic carbocycles. The zero-order chi connectivity index (χ0) is 38.9. The van der Waals surface area contributed by atoms with E-state index < -0.39 is 53.1 Å². The number of nitrogens with zero attached hydrogens (tertiary/aromatic N) is 1. The number of carbonyl (C=O) groups is 2. The molecule has 15 heteroatoms. The van der Waals surface area contributed by atoms with Gasteiger partial charge in [-0.1, -0.05) is 13.0 Å². The van der Waals surface area contributed by atoms with Crippen molar-refractivity contribution in [1.82, 2.24) is 15.5 Å². The molecule has 8 atom stereocenters. The lowest BCUT2D eigenvalue weighted by atomic mass is 9.71. The number of nitrogens with one attached hydrogen (secondary N) is 2. The summed E-state index contributed by atoms with van der Waals surface area (Å²) in [5, 5.41) is 32.1. The van der Waals surface area contributed by atoms with Crippen LogP contribution in [0.5, 0.6) is 34.5 Å². The van der Waals surface area contributed by atoms with Gasteiger partial charge in [0.2, 0.25) is 6.79 Å². The highest BCUT2D eigenvalue weighted by Crippen LogP contribution is 2.64. The van der Waals surface area contributed by atoms with E-state index in [-0.39, 0.29) is 30.8 Å². The molecule has 14 nitrogen and oxygen atoms in total. The summed E-state index contributed by atoms with van der Waals surface area (Å²) in [7, 11) is 3.15. The lowest BCUT2D eigenvalue weighted by molar-refractivity contribution is -0.166. The maximum Gasteiger partial charge on any atom is 0.335 e. The molecule has 0 radical (unpaired) electrons. The van der Waals surface area contributed by atoms with Crippen molar-refractivity contribution in [1.29, 1.82) is 0 Å². The first-order chi connectivity index (χ1) is 27.0. The summed E-state index contributed by atoms with van der Waals surface area (Å²) in [6.07, 6.45) is -0.451. The molecule has 7 aliphatic heterocycles. The van der Waals surface area contributed by atoms with Gasteiger partial charge in [-0.25, -0.2) is 4.79 Å². The Kier molecular flexibility index (Phi) is 8.08. The lowest BCUT2D eigenvalue weighted by Crippen LogP contribution is -2.70. The number of aromatic hydroxyl groups is 1. The first-order valence-corrected chi connectivity index (χ1v) is 19.9. The van der Waals surface area contributed by atoms with Crippen LogP contribution in [0.25, 0.3) is 11.0 Å². The molecule has 1 aromatic heterocycles. The van der Waals surface area contributed by atoms with Crippen molar-refractivity contribution in [2.75, 3.05) is 39.9 Å². The number of aliphatic hydroxyl groups excluding tert-OH is 1. The Bertz CT molecular complexity index is 2360. The van der Waals surface area contributed by atoms with Crippen molar-refractivity contribution in [3.63, 3.8) is 0 Å². The highest BCUT2D eigenvalue weighted by Gasteiger charge is 2.61. The fraction of sp³-hybridized carbons (Fsp3) is 0.463. The van der Waals surface area contributed by atoms with Crippen LogP contribution in [0, 0.1) is 13.8 Å². The summed E-state index contributed by atoms with van der Waals surface area (Å²) in [4.78, 5) is 29.7.